The summed E-state index contributed by atoms with van der Waals surface area (Å²) in [5.41, 5.74) is 8.93. The number of hydrogen-bond donors (Lipinski definition) is 1. The van der Waals surface area contributed by atoms with Crippen molar-refractivity contribution in [1.82, 2.24) is 4.98 Å². The number of hydrogen-bond acceptors (Lipinski definition) is 3. The van der Waals surface area contributed by atoms with E-state index in [1.165, 1.54) is 0 Å². The molecule has 0 aliphatic carbocycles. The first kappa shape index (κ1) is 12.6. The van der Waals surface area contributed by atoms with Crippen LogP contribution in [-0.4, -0.2) is 11.5 Å². The highest BCUT2D eigenvalue weighted by Crippen LogP contribution is 2.23. The van der Waals surface area contributed by atoms with E-state index in [-0.39, 0.29) is 0 Å². The van der Waals surface area contributed by atoms with Crippen LogP contribution in [0.25, 0.3) is 0 Å². The number of aryl methyl sites for hydroxylation is 1. The molecule has 18 heavy (non-hydrogen) atoms. The molecule has 2 aromatic rings. The summed E-state index contributed by atoms with van der Waals surface area (Å²) >= 11 is 0. The number of anilines is 2. The first-order chi connectivity index (χ1) is 8.76. The van der Waals surface area contributed by atoms with Gasteiger partial charge >= 0.3 is 0 Å². The fourth-order valence-corrected chi connectivity index (χ4v) is 2.03. The van der Waals surface area contributed by atoms with Gasteiger partial charge in [0.15, 0.2) is 0 Å². The minimum Gasteiger partial charge on any atom is -0.327 e. The summed E-state index contributed by atoms with van der Waals surface area (Å²) in [6.07, 6.45) is 0. The largest absolute Gasteiger partial charge is 0.327 e. The molecule has 0 amide bonds. The number of rotatable bonds is 4. The van der Waals surface area contributed by atoms with Crippen LogP contribution < -0.4 is 10.6 Å². The van der Waals surface area contributed by atoms with Crippen molar-refractivity contribution in [3.05, 3.63) is 53.7 Å². The number of pyridine rings is 1. The Bertz CT molecular complexity index is 508. The van der Waals surface area contributed by atoms with E-state index in [4.69, 9.17) is 5.73 Å². The van der Waals surface area contributed by atoms with Gasteiger partial charge in [0.25, 0.3) is 0 Å². The Kier molecular flexibility index (Phi) is 3.95. The second kappa shape index (κ2) is 5.65. The number of nitrogens with two attached hydrogens (primary N) is 1. The fourth-order valence-electron chi connectivity index (χ4n) is 2.03. The molecular weight excluding hydrogens is 222 g/mol. The van der Waals surface area contributed by atoms with Crippen LogP contribution in [0, 0.1) is 6.92 Å². The molecule has 3 heteroatoms. The Morgan fingerprint density at radius 1 is 1.11 bits per heavy atom. The monoisotopic (exact) mass is 241 g/mol. The van der Waals surface area contributed by atoms with Gasteiger partial charge in [0, 0.05) is 24.5 Å². The summed E-state index contributed by atoms with van der Waals surface area (Å²) in [5.74, 6) is 0.971. The second-order valence-corrected chi connectivity index (χ2v) is 4.20. The molecule has 0 unspecified atom stereocenters. The summed E-state index contributed by atoms with van der Waals surface area (Å²) in [4.78, 5) is 6.83. The van der Waals surface area contributed by atoms with Crippen LogP contribution in [0.15, 0.2) is 42.5 Å². The van der Waals surface area contributed by atoms with Crippen LogP contribution in [0.2, 0.25) is 0 Å². The van der Waals surface area contributed by atoms with Crippen molar-refractivity contribution in [3.63, 3.8) is 0 Å². The van der Waals surface area contributed by atoms with Gasteiger partial charge < -0.3 is 10.6 Å². The third kappa shape index (κ3) is 2.51. The normalized spacial score (nSPS) is 10.4. The lowest BCUT2D eigenvalue weighted by Gasteiger charge is -2.22. The van der Waals surface area contributed by atoms with Gasteiger partial charge in [-0.05, 0) is 37.6 Å². The van der Waals surface area contributed by atoms with Crippen LogP contribution in [0.4, 0.5) is 11.5 Å². The molecular formula is C15H19N3. The predicted molar refractivity (Wildman–Crippen MR) is 76.0 cm³/mol. The van der Waals surface area contributed by atoms with Gasteiger partial charge in [-0.25, -0.2) is 4.98 Å². The first-order valence-electron chi connectivity index (χ1n) is 6.25. The van der Waals surface area contributed by atoms with Gasteiger partial charge in [-0.3, -0.25) is 0 Å². The standard InChI is InChI=1S/C15H19N3/c1-3-18(14-7-5-4-6-8-14)15-10-9-13(11-16)12(2)17-15/h4-10H,3,11,16H2,1-2H3. The van der Waals surface area contributed by atoms with Gasteiger partial charge in [0.1, 0.15) is 5.82 Å². The van der Waals surface area contributed by atoms with Crippen molar-refractivity contribution in [3.8, 4) is 0 Å². The third-order valence-corrected chi connectivity index (χ3v) is 3.06. The third-order valence-electron chi connectivity index (χ3n) is 3.06. The van der Waals surface area contributed by atoms with Crippen molar-refractivity contribution in [2.75, 3.05) is 11.4 Å². The van der Waals surface area contributed by atoms with Gasteiger partial charge in [-0.2, -0.15) is 0 Å². The fraction of sp³-hybridized carbons (Fsp3) is 0.267. The summed E-state index contributed by atoms with van der Waals surface area (Å²) in [6.45, 7) is 5.56. The zero-order valence-corrected chi connectivity index (χ0v) is 10.9. The van der Waals surface area contributed by atoms with E-state index in [1.54, 1.807) is 0 Å². The van der Waals surface area contributed by atoms with E-state index in [0.717, 1.165) is 29.3 Å². The van der Waals surface area contributed by atoms with Gasteiger partial charge in [0.2, 0.25) is 0 Å². The number of benzene rings is 1. The van der Waals surface area contributed by atoms with Gasteiger partial charge in [-0.15, -0.1) is 0 Å². The maximum Gasteiger partial charge on any atom is 0.133 e. The molecule has 0 bridgehead atoms. The molecule has 0 aliphatic heterocycles. The van der Waals surface area contributed by atoms with Crippen LogP contribution >= 0.6 is 0 Å². The molecule has 1 aromatic heterocycles. The average molecular weight is 241 g/mol. The van der Waals surface area contributed by atoms with Crippen LogP contribution in [0.3, 0.4) is 0 Å². The zero-order chi connectivity index (χ0) is 13.0. The molecule has 2 rings (SSSR count). The van der Waals surface area contributed by atoms with Gasteiger partial charge in [0.05, 0.1) is 0 Å². The lowest BCUT2D eigenvalue weighted by Crippen LogP contribution is -2.18. The Hall–Kier alpha value is -1.87. The van der Waals surface area contributed by atoms with Crippen molar-refractivity contribution < 1.29 is 0 Å². The highest BCUT2D eigenvalue weighted by Gasteiger charge is 2.09. The molecule has 0 aliphatic rings. The minimum absolute atomic E-state index is 0.538. The van der Waals surface area contributed by atoms with Crippen LogP contribution in [0.1, 0.15) is 18.2 Å². The topological polar surface area (TPSA) is 42.1 Å². The first-order valence-corrected chi connectivity index (χ1v) is 6.25. The minimum atomic E-state index is 0.538. The second-order valence-electron chi connectivity index (χ2n) is 4.20. The lowest BCUT2D eigenvalue weighted by molar-refractivity contribution is 0.952. The van der Waals surface area contributed by atoms with Gasteiger partial charge in [-0.1, -0.05) is 24.3 Å². The summed E-state index contributed by atoms with van der Waals surface area (Å²) < 4.78 is 0. The van der Waals surface area contributed by atoms with E-state index in [1.807, 2.05) is 31.2 Å². The highest BCUT2D eigenvalue weighted by atomic mass is 15.2. The van der Waals surface area contributed by atoms with Crippen molar-refractivity contribution in [2.45, 2.75) is 20.4 Å². The number of nitrogens with zero attached hydrogens (tertiary/aromatic N) is 2. The summed E-state index contributed by atoms with van der Waals surface area (Å²) in [7, 11) is 0. The zero-order valence-electron chi connectivity index (χ0n) is 10.9. The lowest BCUT2D eigenvalue weighted by atomic mass is 10.2. The molecule has 0 saturated heterocycles. The maximum atomic E-state index is 5.67. The van der Waals surface area contributed by atoms with Crippen molar-refractivity contribution >= 4 is 11.5 Å². The van der Waals surface area contributed by atoms with Crippen molar-refractivity contribution in [2.24, 2.45) is 5.73 Å². The SMILES string of the molecule is CCN(c1ccccc1)c1ccc(CN)c(C)n1. The molecule has 3 nitrogen and oxygen atoms in total. The highest BCUT2D eigenvalue weighted by molar-refractivity contribution is 5.60. The molecule has 1 heterocycles. The smallest absolute Gasteiger partial charge is 0.133 e. The molecule has 2 N–H and O–H groups in total. The van der Waals surface area contributed by atoms with Crippen molar-refractivity contribution in [1.29, 1.82) is 0 Å². The molecule has 94 valence electrons. The van der Waals surface area contributed by atoms with E-state index in [9.17, 15) is 0 Å². The van der Waals surface area contributed by atoms with E-state index in [0.29, 0.717) is 6.54 Å². The number of para-hydroxylation sites is 1. The van der Waals surface area contributed by atoms with E-state index < -0.39 is 0 Å². The molecule has 0 radical (unpaired) electrons. The summed E-state index contributed by atoms with van der Waals surface area (Å²) in [6, 6.07) is 14.4. The van der Waals surface area contributed by atoms with E-state index in [2.05, 4.69) is 35.0 Å². The molecule has 0 saturated carbocycles. The van der Waals surface area contributed by atoms with E-state index >= 15 is 0 Å². The molecule has 0 spiro atoms. The Labute approximate surface area is 108 Å². The van der Waals surface area contributed by atoms with Crippen LogP contribution in [0.5, 0.6) is 0 Å². The maximum absolute atomic E-state index is 5.67. The average Bonchev–Trinajstić information content (AvgIpc) is 2.41. The Morgan fingerprint density at radius 3 is 2.39 bits per heavy atom. The van der Waals surface area contributed by atoms with Crippen LogP contribution in [-0.2, 0) is 6.54 Å². The molecule has 1 aromatic carbocycles. The summed E-state index contributed by atoms with van der Waals surface area (Å²) in [5, 5.41) is 0. The molecule has 0 atom stereocenters. The quantitative estimate of drug-likeness (QED) is 0.894. The molecule has 0 fully saturated rings. The Balaban J connectivity index is 2.37. The Morgan fingerprint density at radius 2 is 1.83 bits per heavy atom. The number of aromatic nitrogens is 1. The predicted octanol–water partition coefficient (Wildman–Crippen LogP) is 3.01.